The third-order valence-corrected chi connectivity index (χ3v) is 6.46. The minimum atomic E-state index is 0.0202. The Labute approximate surface area is 166 Å². The molecule has 0 aliphatic carbocycles. The van der Waals surface area contributed by atoms with Crippen molar-refractivity contribution in [3.05, 3.63) is 47.3 Å². The van der Waals surface area contributed by atoms with E-state index in [4.69, 9.17) is 4.74 Å². The molecule has 3 aromatic rings. The number of ether oxygens (including phenoxy) is 1. The van der Waals surface area contributed by atoms with Gasteiger partial charge in [0.15, 0.2) is 11.6 Å². The van der Waals surface area contributed by atoms with Crippen LogP contribution in [0.5, 0.6) is 5.75 Å². The normalized spacial score (nSPS) is 14.4. The quantitative estimate of drug-likeness (QED) is 0.658. The molecule has 2 aromatic heterocycles. The van der Waals surface area contributed by atoms with Gasteiger partial charge in [-0.3, -0.25) is 4.79 Å². The number of carbonyl (C=O) groups excluding carboxylic acids is 1. The molecule has 0 unspecified atom stereocenters. The SMILES string of the molecule is Cc1ccc(OCC(=O)N2CCN(c3nnc(-c4cccs4)s3)CC2)cc1. The molecule has 1 aliphatic heterocycles. The Kier molecular flexibility index (Phi) is 5.35. The molecule has 1 aromatic carbocycles. The summed E-state index contributed by atoms with van der Waals surface area (Å²) < 4.78 is 5.61. The van der Waals surface area contributed by atoms with Crippen LogP contribution in [0.3, 0.4) is 0 Å². The smallest absolute Gasteiger partial charge is 0.260 e. The Morgan fingerprint density at radius 2 is 1.89 bits per heavy atom. The lowest BCUT2D eigenvalue weighted by molar-refractivity contribution is -0.133. The van der Waals surface area contributed by atoms with Crippen LogP contribution in [0.15, 0.2) is 41.8 Å². The number of piperazine rings is 1. The lowest BCUT2D eigenvalue weighted by Gasteiger charge is -2.34. The average Bonchev–Trinajstić information content (AvgIpc) is 3.39. The molecule has 140 valence electrons. The first-order valence-electron chi connectivity index (χ1n) is 8.78. The molecule has 4 rings (SSSR count). The molecule has 6 nitrogen and oxygen atoms in total. The maximum absolute atomic E-state index is 12.4. The summed E-state index contributed by atoms with van der Waals surface area (Å²) >= 11 is 3.27. The van der Waals surface area contributed by atoms with E-state index < -0.39 is 0 Å². The summed E-state index contributed by atoms with van der Waals surface area (Å²) in [4.78, 5) is 17.6. The Bertz CT molecular complexity index is 885. The topological polar surface area (TPSA) is 58.6 Å². The summed E-state index contributed by atoms with van der Waals surface area (Å²) in [6.07, 6.45) is 0. The van der Waals surface area contributed by atoms with Gasteiger partial charge in [0.1, 0.15) is 5.75 Å². The number of benzene rings is 1. The van der Waals surface area contributed by atoms with E-state index in [1.54, 1.807) is 22.7 Å². The van der Waals surface area contributed by atoms with E-state index in [9.17, 15) is 4.79 Å². The molecular formula is C19H20N4O2S2. The van der Waals surface area contributed by atoms with Gasteiger partial charge in [0.05, 0.1) is 4.88 Å². The number of carbonyl (C=O) groups is 1. The highest BCUT2D eigenvalue weighted by molar-refractivity contribution is 7.22. The van der Waals surface area contributed by atoms with Crippen molar-refractivity contribution in [1.82, 2.24) is 15.1 Å². The molecule has 1 saturated heterocycles. The molecule has 1 fully saturated rings. The molecule has 1 amide bonds. The van der Waals surface area contributed by atoms with E-state index in [2.05, 4.69) is 21.2 Å². The molecule has 0 radical (unpaired) electrons. The highest BCUT2D eigenvalue weighted by Crippen LogP contribution is 2.31. The van der Waals surface area contributed by atoms with Crippen molar-refractivity contribution < 1.29 is 9.53 Å². The number of aryl methyl sites for hydroxylation is 1. The minimum Gasteiger partial charge on any atom is -0.484 e. The van der Waals surface area contributed by atoms with E-state index in [0.29, 0.717) is 13.1 Å². The van der Waals surface area contributed by atoms with Crippen molar-refractivity contribution in [1.29, 1.82) is 0 Å². The summed E-state index contributed by atoms with van der Waals surface area (Å²) in [5.74, 6) is 0.745. The Morgan fingerprint density at radius 3 is 2.59 bits per heavy atom. The Morgan fingerprint density at radius 1 is 1.11 bits per heavy atom. The fraction of sp³-hybridized carbons (Fsp3) is 0.316. The third-order valence-electron chi connectivity index (χ3n) is 4.43. The lowest BCUT2D eigenvalue weighted by Crippen LogP contribution is -2.50. The zero-order chi connectivity index (χ0) is 18.6. The monoisotopic (exact) mass is 400 g/mol. The van der Waals surface area contributed by atoms with Crippen LogP contribution in [0.4, 0.5) is 5.13 Å². The maximum atomic E-state index is 12.4. The first-order valence-corrected chi connectivity index (χ1v) is 10.5. The predicted molar refractivity (Wildman–Crippen MR) is 109 cm³/mol. The number of hydrogen-bond acceptors (Lipinski definition) is 7. The van der Waals surface area contributed by atoms with Crippen LogP contribution >= 0.6 is 22.7 Å². The van der Waals surface area contributed by atoms with Crippen LogP contribution in [0.2, 0.25) is 0 Å². The van der Waals surface area contributed by atoms with Crippen molar-refractivity contribution >= 4 is 33.7 Å². The lowest BCUT2D eigenvalue weighted by atomic mass is 10.2. The van der Waals surface area contributed by atoms with Crippen molar-refractivity contribution in [3.8, 4) is 15.6 Å². The second-order valence-corrected chi connectivity index (χ2v) is 8.24. The molecule has 3 heterocycles. The van der Waals surface area contributed by atoms with Gasteiger partial charge in [-0.25, -0.2) is 0 Å². The fourth-order valence-electron chi connectivity index (χ4n) is 2.86. The molecule has 0 atom stereocenters. The molecule has 0 N–H and O–H groups in total. The first-order chi connectivity index (χ1) is 13.2. The van der Waals surface area contributed by atoms with Gasteiger partial charge >= 0.3 is 0 Å². The van der Waals surface area contributed by atoms with Crippen LogP contribution in [0.1, 0.15) is 5.56 Å². The molecule has 1 aliphatic rings. The standard InChI is InChI=1S/C19H20N4O2S2/c1-14-4-6-15(7-5-14)25-13-17(24)22-8-10-23(11-9-22)19-21-20-18(27-19)16-3-2-12-26-16/h2-7,12H,8-11,13H2,1H3. The van der Waals surface area contributed by atoms with Gasteiger partial charge in [0.2, 0.25) is 5.13 Å². The van der Waals surface area contributed by atoms with Gasteiger partial charge in [-0.1, -0.05) is 35.1 Å². The summed E-state index contributed by atoms with van der Waals surface area (Å²) in [6.45, 7) is 4.96. The van der Waals surface area contributed by atoms with Gasteiger partial charge < -0.3 is 14.5 Å². The molecular weight excluding hydrogens is 380 g/mol. The maximum Gasteiger partial charge on any atom is 0.260 e. The number of nitrogens with zero attached hydrogens (tertiary/aromatic N) is 4. The first kappa shape index (κ1) is 17.9. The minimum absolute atomic E-state index is 0.0202. The number of amides is 1. The van der Waals surface area contributed by atoms with E-state index in [1.807, 2.05) is 47.5 Å². The van der Waals surface area contributed by atoms with E-state index in [-0.39, 0.29) is 12.5 Å². The Balaban J connectivity index is 1.28. The van der Waals surface area contributed by atoms with Crippen molar-refractivity contribution in [2.24, 2.45) is 0 Å². The van der Waals surface area contributed by atoms with Crippen LogP contribution < -0.4 is 9.64 Å². The Hall–Kier alpha value is -2.45. The number of rotatable bonds is 5. The number of anilines is 1. The molecule has 0 spiro atoms. The zero-order valence-corrected chi connectivity index (χ0v) is 16.6. The summed E-state index contributed by atoms with van der Waals surface area (Å²) in [6, 6.07) is 11.8. The summed E-state index contributed by atoms with van der Waals surface area (Å²) in [7, 11) is 0. The van der Waals surface area contributed by atoms with E-state index in [0.717, 1.165) is 33.9 Å². The van der Waals surface area contributed by atoms with E-state index >= 15 is 0 Å². The largest absolute Gasteiger partial charge is 0.484 e. The van der Waals surface area contributed by atoms with Crippen LogP contribution in [-0.2, 0) is 4.79 Å². The second-order valence-electron chi connectivity index (χ2n) is 6.34. The molecule has 0 bridgehead atoms. The number of hydrogen-bond donors (Lipinski definition) is 0. The van der Waals surface area contributed by atoms with Gasteiger partial charge in [-0.05, 0) is 30.5 Å². The summed E-state index contributed by atoms with van der Waals surface area (Å²) in [5, 5.41) is 12.5. The van der Waals surface area contributed by atoms with E-state index in [1.165, 1.54) is 5.56 Å². The van der Waals surface area contributed by atoms with Gasteiger partial charge in [0, 0.05) is 26.2 Å². The predicted octanol–water partition coefficient (Wildman–Crippen LogP) is 3.30. The van der Waals surface area contributed by atoms with Crippen LogP contribution in [0, 0.1) is 6.92 Å². The average molecular weight is 401 g/mol. The molecule has 27 heavy (non-hydrogen) atoms. The highest BCUT2D eigenvalue weighted by atomic mass is 32.1. The third kappa shape index (κ3) is 4.28. The van der Waals surface area contributed by atoms with Crippen molar-refractivity contribution in [2.75, 3.05) is 37.7 Å². The van der Waals surface area contributed by atoms with Gasteiger partial charge in [-0.2, -0.15) is 0 Å². The molecule has 8 heteroatoms. The van der Waals surface area contributed by atoms with Crippen molar-refractivity contribution in [3.63, 3.8) is 0 Å². The zero-order valence-electron chi connectivity index (χ0n) is 15.0. The number of aromatic nitrogens is 2. The van der Waals surface area contributed by atoms with Gasteiger partial charge in [0.25, 0.3) is 5.91 Å². The fourth-order valence-corrected chi connectivity index (χ4v) is 4.55. The highest BCUT2D eigenvalue weighted by Gasteiger charge is 2.23. The second kappa shape index (κ2) is 8.06. The van der Waals surface area contributed by atoms with Crippen LogP contribution in [0.25, 0.3) is 9.88 Å². The summed E-state index contributed by atoms with van der Waals surface area (Å²) in [5.41, 5.74) is 1.17. The molecule has 0 saturated carbocycles. The number of thiophene rings is 1. The van der Waals surface area contributed by atoms with Crippen molar-refractivity contribution in [2.45, 2.75) is 6.92 Å². The van der Waals surface area contributed by atoms with Gasteiger partial charge in [-0.15, -0.1) is 21.5 Å². The van der Waals surface area contributed by atoms with Crippen LogP contribution in [-0.4, -0.2) is 53.8 Å².